The highest BCUT2D eigenvalue weighted by Gasteiger charge is 2.14. The van der Waals surface area contributed by atoms with E-state index in [0.29, 0.717) is 16.5 Å². The molecule has 2 N–H and O–H groups in total. The number of nitriles is 1. The number of hydrogen-bond donors (Lipinski definition) is 1. The van der Waals surface area contributed by atoms with E-state index in [4.69, 9.17) is 11.0 Å². The van der Waals surface area contributed by atoms with Gasteiger partial charge in [0.1, 0.15) is 17.5 Å². The van der Waals surface area contributed by atoms with E-state index in [1.165, 1.54) is 0 Å². The fraction of sp³-hybridized carbons (Fsp3) is 0.583. The fourth-order valence-corrected chi connectivity index (χ4v) is 2.32. The summed E-state index contributed by atoms with van der Waals surface area (Å²) in [7, 11) is 0. The fourth-order valence-electron chi connectivity index (χ4n) is 1.38. The summed E-state index contributed by atoms with van der Waals surface area (Å²) >= 11 is 1.60. The van der Waals surface area contributed by atoms with Crippen LogP contribution in [-0.2, 0) is 0 Å². The van der Waals surface area contributed by atoms with Crippen LogP contribution >= 0.6 is 11.8 Å². The Morgan fingerprint density at radius 2 is 2.12 bits per heavy atom. The van der Waals surface area contributed by atoms with Gasteiger partial charge in [0.25, 0.3) is 0 Å². The highest BCUT2D eigenvalue weighted by atomic mass is 32.2. The first-order valence-corrected chi connectivity index (χ1v) is 6.79. The number of nitrogens with zero attached hydrogens (tertiary/aromatic N) is 3. The Morgan fingerprint density at radius 3 is 2.65 bits per heavy atom. The summed E-state index contributed by atoms with van der Waals surface area (Å²) in [5.41, 5.74) is 6.95. The topological polar surface area (TPSA) is 75.6 Å². The first kappa shape index (κ1) is 13.8. The summed E-state index contributed by atoms with van der Waals surface area (Å²) in [4.78, 5) is 8.59. The van der Waals surface area contributed by atoms with Crippen LogP contribution in [0.3, 0.4) is 0 Å². The molecule has 4 nitrogen and oxygen atoms in total. The standard InChI is InChI=1S/C12H18N4S/c1-4-5-6-17-12-15-10(8(2)3)9(7-13)11(14)16-12/h8H,4-6H2,1-3H3,(H2,14,15,16). The van der Waals surface area contributed by atoms with Crippen molar-refractivity contribution in [3.63, 3.8) is 0 Å². The third-order valence-corrected chi connectivity index (χ3v) is 3.27. The molecule has 1 aromatic rings. The third kappa shape index (κ3) is 3.60. The zero-order chi connectivity index (χ0) is 12.8. The molecule has 92 valence electrons. The monoisotopic (exact) mass is 250 g/mol. The van der Waals surface area contributed by atoms with Crippen molar-refractivity contribution in [3.8, 4) is 6.07 Å². The van der Waals surface area contributed by atoms with E-state index in [0.717, 1.165) is 24.3 Å². The molecular weight excluding hydrogens is 232 g/mol. The molecule has 1 rings (SSSR count). The van der Waals surface area contributed by atoms with E-state index >= 15 is 0 Å². The van der Waals surface area contributed by atoms with Gasteiger partial charge in [-0.05, 0) is 12.3 Å². The van der Waals surface area contributed by atoms with Crippen molar-refractivity contribution in [2.75, 3.05) is 11.5 Å². The van der Waals surface area contributed by atoms with Crippen molar-refractivity contribution in [1.82, 2.24) is 9.97 Å². The van der Waals surface area contributed by atoms with Crippen LogP contribution in [0.5, 0.6) is 0 Å². The van der Waals surface area contributed by atoms with Gasteiger partial charge in [0.15, 0.2) is 5.16 Å². The number of aromatic nitrogens is 2. The molecule has 0 saturated heterocycles. The molecule has 0 unspecified atom stereocenters. The van der Waals surface area contributed by atoms with Gasteiger partial charge < -0.3 is 5.73 Å². The second-order valence-electron chi connectivity index (χ2n) is 4.12. The van der Waals surface area contributed by atoms with Crippen molar-refractivity contribution in [1.29, 1.82) is 5.26 Å². The Morgan fingerprint density at radius 1 is 1.41 bits per heavy atom. The Bertz CT molecular complexity index is 423. The maximum Gasteiger partial charge on any atom is 0.189 e. The van der Waals surface area contributed by atoms with Gasteiger partial charge in [0, 0.05) is 5.75 Å². The molecule has 0 atom stereocenters. The Hall–Kier alpha value is -1.28. The van der Waals surface area contributed by atoms with E-state index in [-0.39, 0.29) is 5.92 Å². The molecule has 5 heteroatoms. The van der Waals surface area contributed by atoms with Crippen molar-refractivity contribution in [2.24, 2.45) is 0 Å². The molecule has 0 bridgehead atoms. The molecule has 0 radical (unpaired) electrons. The summed E-state index contributed by atoms with van der Waals surface area (Å²) in [6.07, 6.45) is 2.28. The highest BCUT2D eigenvalue weighted by Crippen LogP contribution is 2.24. The van der Waals surface area contributed by atoms with Crippen LogP contribution in [0.25, 0.3) is 0 Å². The average molecular weight is 250 g/mol. The summed E-state index contributed by atoms with van der Waals surface area (Å²) in [5.74, 6) is 1.46. The number of rotatable bonds is 5. The summed E-state index contributed by atoms with van der Waals surface area (Å²) < 4.78 is 0. The van der Waals surface area contributed by atoms with Crippen molar-refractivity contribution in [3.05, 3.63) is 11.3 Å². The number of nitrogens with two attached hydrogens (primary N) is 1. The van der Waals surface area contributed by atoms with E-state index in [2.05, 4.69) is 23.0 Å². The van der Waals surface area contributed by atoms with Crippen LogP contribution in [0.1, 0.15) is 50.8 Å². The van der Waals surface area contributed by atoms with Crippen LogP contribution in [0.4, 0.5) is 5.82 Å². The molecule has 0 aliphatic heterocycles. The molecule has 0 saturated carbocycles. The average Bonchev–Trinajstić information content (AvgIpc) is 2.28. The van der Waals surface area contributed by atoms with Crippen LogP contribution in [0.2, 0.25) is 0 Å². The van der Waals surface area contributed by atoms with Crippen LogP contribution in [0.15, 0.2) is 5.16 Å². The Labute approximate surface area is 107 Å². The van der Waals surface area contributed by atoms with Crippen LogP contribution in [-0.4, -0.2) is 15.7 Å². The van der Waals surface area contributed by atoms with Gasteiger partial charge in [0.2, 0.25) is 0 Å². The summed E-state index contributed by atoms with van der Waals surface area (Å²) in [6, 6.07) is 2.08. The second kappa shape index (κ2) is 6.45. The first-order chi connectivity index (χ1) is 8.10. The molecular formula is C12H18N4S. The minimum Gasteiger partial charge on any atom is -0.382 e. The van der Waals surface area contributed by atoms with Crippen LogP contribution in [0, 0.1) is 11.3 Å². The predicted molar refractivity (Wildman–Crippen MR) is 70.9 cm³/mol. The minimum atomic E-state index is 0.181. The van der Waals surface area contributed by atoms with E-state index in [9.17, 15) is 0 Å². The maximum absolute atomic E-state index is 9.04. The lowest BCUT2D eigenvalue weighted by Gasteiger charge is -2.10. The van der Waals surface area contributed by atoms with Gasteiger partial charge in [-0.1, -0.05) is 39.0 Å². The van der Waals surface area contributed by atoms with Gasteiger partial charge in [-0.25, -0.2) is 9.97 Å². The molecule has 1 heterocycles. The lowest BCUT2D eigenvalue weighted by atomic mass is 10.1. The molecule has 1 aromatic heterocycles. The molecule has 0 amide bonds. The van der Waals surface area contributed by atoms with E-state index in [1.807, 2.05) is 13.8 Å². The number of hydrogen-bond acceptors (Lipinski definition) is 5. The molecule has 0 spiro atoms. The number of anilines is 1. The first-order valence-electron chi connectivity index (χ1n) is 5.80. The second-order valence-corrected chi connectivity index (χ2v) is 5.18. The van der Waals surface area contributed by atoms with Crippen molar-refractivity contribution >= 4 is 17.6 Å². The summed E-state index contributed by atoms with van der Waals surface area (Å²) in [6.45, 7) is 6.15. The van der Waals surface area contributed by atoms with E-state index < -0.39 is 0 Å². The number of nitrogen functional groups attached to an aromatic ring is 1. The van der Waals surface area contributed by atoms with Crippen molar-refractivity contribution in [2.45, 2.75) is 44.7 Å². The lowest BCUT2D eigenvalue weighted by Crippen LogP contribution is -2.06. The van der Waals surface area contributed by atoms with Gasteiger partial charge >= 0.3 is 0 Å². The third-order valence-electron chi connectivity index (χ3n) is 2.33. The molecule has 0 aliphatic rings. The number of thioether (sulfide) groups is 1. The minimum absolute atomic E-state index is 0.181. The molecule has 0 aromatic carbocycles. The molecule has 0 fully saturated rings. The van der Waals surface area contributed by atoms with Crippen molar-refractivity contribution < 1.29 is 0 Å². The summed E-state index contributed by atoms with van der Waals surface area (Å²) in [5, 5.41) is 9.72. The van der Waals surface area contributed by atoms with Gasteiger partial charge in [-0.2, -0.15) is 5.26 Å². The smallest absolute Gasteiger partial charge is 0.189 e. The predicted octanol–water partition coefficient (Wildman–Crippen LogP) is 2.95. The zero-order valence-electron chi connectivity index (χ0n) is 10.5. The van der Waals surface area contributed by atoms with E-state index in [1.54, 1.807) is 11.8 Å². The normalized spacial score (nSPS) is 10.5. The molecule has 0 aliphatic carbocycles. The van der Waals surface area contributed by atoms with Gasteiger partial charge in [-0.3, -0.25) is 0 Å². The largest absolute Gasteiger partial charge is 0.382 e. The SMILES string of the molecule is CCCCSc1nc(N)c(C#N)c(C(C)C)n1. The quantitative estimate of drug-likeness (QED) is 0.494. The Kier molecular flexibility index (Phi) is 5.23. The lowest BCUT2D eigenvalue weighted by molar-refractivity contribution is 0.775. The zero-order valence-corrected chi connectivity index (χ0v) is 11.3. The Balaban J connectivity index is 2.99. The maximum atomic E-state index is 9.04. The molecule has 17 heavy (non-hydrogen) atoms. The number of unbranched alkanes of at least 4 members (excludes halogenated alkanes) is 1. The van der Waals surface area contributed by atoms with Gasteiger partial charge in [-0.15, -0.1) is 0 Å². The highest BCUT2D eigenvalue weighted by molar-refractivity contribution is 7.99. The van der Waals surface area contributed by atoms with Gasteiger partial charge in [0.05, 0.1) is 5.69 Å². The van der Waals surface area contributed by atoms with Crippen LogP contribution < -0.4 is 5.73 Å².